The quantitative estimate of drug-likeness (QED) is 0.607. The molecular formula is C8H17N. The van der Waals surface area contributed by atoms with Crippen LogP contribution in [0.4, 0.5) is 0 Å². The van der Waals surface area contributed by atoms with E-state index in [0.717, 1.165) is 12.0 Å². The lowest BCUT2D eigenvalue weighted by Gasteiger charge is -2.09. The molecule has 0 aromatic carbocycles. The van der Waals surface area contributed by atoms with Crippen LogP contribution in [-0.4, -0.2) is 12.6 Å². The molecule has 0 aromatic rings. The molecule has 0 aromatic heterocycles. The molecule has 1 aliphatic rings. The van der Waals surface area contributed by atoms with Crippen LogP contribution in [0.3, 0.4) is 0 Å². The summed E-state index contributed by atoms with van der Waals surface area (Å²) in [5, 5.41) is 3.49. The monoisotopic (exact) mass is 127 g/mol. The highest BCUT2D eigenvalue weighted by Gasteiger charge is 2.20. The van der Waals surface area contributed by atoms with Crippen molar-refractivity contribution in [3.05, 3.63) is 0 Å². The highest BCUT2D eigenvalue weighted by molar-refractivity contribution is 4.76. The molecule has 0 amide bonds. The van der Waals surface area contributed by atoms with E-state index in [-0.39, 0.29) is 0 Å². The van der Waals surface area contributed by atoms with Gasteiger partial charge in [0.15, 0.2) is 0 Å². The minimum Gasteiger partial charge on any atom is -0.314 e. The summed E-state index contributed by atoms with van der Waals surface area (Å²) in [6.07, 6.45) is 4.18. The van der Waals surface area contributed by atoms with Gasteiger partial charge in [-0.05, 0) is 38.6 Å². The highest BCUT2D eigenvalue weighted by Crippen LogP contribution is 2.27. The predicted molar refractivity (Wildman–Crippen MR) is 40.5 cm³/mol. The van der Waals surface area contributed by atoms with Crippen LogP contribution in [0.1, 0.15) is 33.1 Å². The lowest BCUT2D eigenvalue weighted by molar-refractivity contribution is 0.516. The van der Waals surface area contributed by atoms with Crippen LogP contribution in [0.25, 0.3) is 0 Å². The van der Waals surface area contributed by atoms with Gasteiger partial charge in [0.25, 0.3) is 0 Å². The number of hydrogen-bond acceptors (Lipinski definition) is 1. The first kappa shape index (κ1) is 7.07. The second kappa shape index (κ2) is 3.21. The van der Waals surface area contributed by atoms with Gasteiger partial charge in [-0.1, -0.05) is 6.92 Å². The first-order valence-corrected chi connectivity index (χ1v) is 4.06. The molecule has 1 nitrogen and oxygen atoms in total. The summed E-state index contributed by atoms with van der Waals surface area (Å²) in [6, 6.07) is 0.727. The van der Waals surface area contributed by atoms with Gasteiger partial charge in [-0.3, -0.25) is 0 Å². The fourth-order valence-corrected chi connectivity index (χ4v) is 0.834. The summed E-state index contributed by atoms with van der Waals surface area (Å²) in [7, 11) is 0. The maximum absolute atomic E-state index is 3.49. The van der Waals surface area contributed by atoms with Crippen LogP contribution >= 0.6 is 0 Å². The van der Waals surface area contributed by atoms with Crippen molar-refractivity contribution in [3.63, 3.8) is 0 Å². The molecule has 1 saturated carbocycles. The zero-order chi connectivity index (χ0) is 6.69. The molecule has 1 aliphatic carbocycles. The van der Waals surface area contributed by atoms with Gasteiger partial charge < -0.3 is 5.32 Å². The lowest BCUT2D eigenvalue weighted by atomic mass is 10.2. The molecule has 1 atom stereocenters. The number of hydrogen-bond donors (Lipinski definition) is 1. The fraction of sp³-hybridized carbons (Fsp3) is 1.00. The van der Waals surface area contributed by atoms with E-state index in [2.05, 4.69) is 19.2 Å². The molecule has 54 valence electrons. The third-order valence-electron chi connectivity index (χ3n) is 2.06. The SMILES string of the molecule is CCC(C)NCC1CC1. The maximum Gasteiger partial charge on any atom is 0.00362 e. The Labute approximate surface area is 57.8 Å². The molecule has 1 heteroatoms. The van der Waals surface area contributed by atoms with Crippen LogP contribution < -0.4 is 5.32 Å². The molecule has 0 radical (unpaired) electrons. The summed E-state index contributed by atoms with van der Waals surface area (Å²) in [5.74, 6) is 1.03. The average molecular weight is 127 g/mol. The van der Waals surface area contributed by atoms with Crippen molar-refractivity contribution in [2.24, 2.45) is 5.92 Å². The van der Waals surface area contributed by atoms with E-state index in [4.69, 9.17) is 0 Å². The van der Waals surface area contributed by atoms with Crippen LogP contribution in [0, 0.1) is 5.92 Å². The third-order valence-corrected chi connectivity index (χ3v) is 2.06. The first-order chi connectivity index (χ1) is 4.33. The minimum absolute atomic E-state index is 0.727. The molecule has 1 N–H and O–H groups in total. The van der Waals surface area contributed by atoms with Gasteiger partial charge in [-0.25, -0.2) is 0 Å². The molecule has 9 heavy (non-hydrogen) atoms. The standard InChI is InChI=1S/C8H17N/c1-3-7(2)9-6-8-4-5-8/h7-9H,3-6H2,1-2H3. The molecule has 0 aliphatic heterocycles. The molecule has 0 saturated heterocycles. The predicted octanol–water partition coefficient (Wildman–Crippen LogP) is 1.78. The zero-order valence-electron chi connectivity index (χ0n) is 6.48. The summed E-state index contributed by atoms with van der Waals surface area (Å²) < 4.78 is 0. The molecule has 1 unspecified atom stereocenters. The summed E-state index contributed by atoms with van der Waals surface area (Å²) >= 11 is 0. The van der Waals surface area contributed by atoms with Gasteiger partial charge in [0.05, 0.1) is 0 Å². The van der Waals surface area contributed by atoms with Crippen molar-refractivity contribution in [3.8, 4) is 0 Å². The molecule has 0 heterocycles. The number of nitrogens with one attached hydrogen (secondary N) is 1. The van der Waals surface area contributed by atoms with Gasteiger partial charge in [0, 0.05) is 6.04 Å². The van der Waals surface area contributed by atoms with E-state index in [0.29, 0.717) is 0 Å². The van der Waals surface area contributed by atoms with Crippen LogP contribution in [0.5, 0.6) is 0 Å². The van der Waals surface area contributed by atoms with Crippen molar-refractivity contribution < 1.29 is 0 Å². The Hall–Kier alpha value is -0.0400. The van der Waals surface area contributed by atoms with E-state index in [1.165, 1.54) is 25.8 Å². The van der Waals surface area contributed by atoms with E-state index in [1.807, 2.05) is 0 Å². The fourth-order valence-electron chi connectivity index (χ4n) is 0.834. The smallest absolute Gasteiger partial charge is 0.00362 e. The van der Waals surface area contributed by atoms with Crippen molar-refractivity contribution in [2.75, 3.05) is 6.54 Å². The number of rotatable bonds is 4. The Morgan fingerprint density at radius 3 is 2.67 bits per heavy atom. The van der Waals surface area contributed by atoms with Gasteiger partial charge in [0.1, 0.15) is 0 Å². The second-order valence-electron chi connectivity index (χ2n) is 3.16. The van der Waals surface area contributed by atoms with E-state index < -0.39 is 0 Å². The second-order valence-corrected chi connectivity index (χ2v) is 3.16. The lowest BCUT2D eigenvalue weighted by Crippen LogP contribution is -2.26. The Bertz CT molecular complexity index is 76.6. The Morgan fingerprint density at radius 1 is 1.56 bits per heavy atom. The molecular weight excluding hydrogens is 110 g/mol. The topological polar surface area (TPSA) is 12.0 Å². The van der Waals surface area contributed by atoms with Crippen molar-refractivity contribution in [1.82, 2.24) is 5.32 Å². The van der Waals surface area contributed by atoms with Crippen molar-refractivity contribution in [1.29, 1.82) is 0 Å². The molecule has 0 bridgehead atoms. The average Bonchev–Trinajstić information content (AvgIpc) is 2.65. The van der Waals surface area contributed by atoms with Crippen molar-refractivity contribution in [2.45, 2.75) is 39.2 Å². The summed E-state index contributed by atoms with van der Waals surface area (Å²) in [6.45, 7) is 5.74. The summed E-state index contributed by atoms with van der Waals surface area (Å²) in [5.41, 5.74) is 0. The van der Waals surface area contributed by atoms with Crippen LogP contribution in [0.15, 0.2) is 0 Å². The van der Waals surface area contributed by atoms with Gasteiger partial charge in [-0.15, -0.1) is 0 Å². The van der Waals surface area contributed by atoms with Crippen LogP contribution in [-0.2, 0) is 0 Å². The van der Waals surface area contributed by atoms with Gasteiger partial charge >= 0.3 is 0 Å². The Morgan fingerprint density at radius 2 is 2.22 bits per heavy atom. The normalized spacial score (nSPS) is 22.0. The third kappa shape index (κ3) is 2.85. The maximum atomic E-state index is 3.49. The Kier molecular flexibility index (Phi) is 2.52. The van der Waals surface area contributed by atoms with E-state index >= 15 is 0 Å². The highest BCUT2D eigenvalue weighted by atomic mass is 14.9. The zero-order valence-corrected chi connectivity index (χ0v) is 6.48. The Balaban J connectivity index is 1.90. The van der Waals surface area contributed by atoms with Gasteiger partial charge in [-0.2, -0.15) is 0 Å². The van der Waals surface area contributed by atoms with Crippen molar-refractivity contribution >= 4 is 0 Å². The first-order valence-electron chi connectivity index (χ1n) is 4.06. The molecule has 1 fully saturated rings. The molecule has 0 spiro atoms. The largest absolute Gasteiger partial charge is 0.314 e. The van der Waals surface area contributed by atoms with Crippen LogP contribution in [0.2, 0.25) is 0 Å². The summed E-state index contributed by atoms with van der Waals surface area (Å²) in [4.78, 5) is 0. The van der Waals surface area contributed by atoms with E-state index in [9.17, 15) is 0 Å². The van der Waals surface area contributed by atoms with E-state index in [1.54, 1.807) is 0 Å². The minimum atomic E-state index is 0.727. The molecule has 1 rings (SSSR count). The van der Waals surface area contributed by atoms with Gasteiger partial charge in [0.2, 0.25) is 0 Å².